The minimum Gasteiger partial charge on any atom is -0.338 e. The van der Waals surface area contributed by atoms with Crippen molar-refractivity contribution >= 4 is 5.91 Å². The van der Waals surface area contributed by atoms with Gasteiger partial charge < -0.3 is 14.0 Å². The predicted octanol–water partition coefficient (Wildman–Crippen LogP) is 1.18. The molecule has 0 aliphatic carbocycles. The molecule has 2 aromatic heterocycles. The van der Waals surface area contributed by atoms with Gasteiger partial charge in [-0.2, -0.15) is 4.98 Å². The lowest BCUT2D eigenvalue weighted by Gasteiger charge is -2.24. The molecule has 0 spiro atoms. The molecule has 3 aromatic rings. The highest BCUT2D eigenvalue weighted by Crippen LogP contribution is 2.20. The van der Waals surface area contributed by atoms with E-state index in [0.717, 1.165) is 0 Å². The zero-order valence-corrected chi connectivity index (χ0v) is 15.0. The van der Waals surface area contributed by atoms with Gasteiger partial charge in [0.2, 0.25) is 17.5 Å². The van der Waals surface area contributed by atoms with Crippen LogP contribution in [0.5, 0.6) is 0 Å². The summed E-state index contributed by atoms with van der Waals surface area (Å²) < 4.78 is 20.9. The lowest BCUT2D eigenvalue weighted by Crippen LogP contribution is -2.38. The molecule has 9 nitrogen and oxygen atoms in total. The summed E-state index contributed by atoms with van der Waals surface area (Å²) in [5, 5.41) is 12.0. The summed E-state index contributed by atoms with van der Waals surface area (Å²) in [5.41, 5.74) is 0.296. The summed E-state index contributed by atoms with van der Waals surface area (Å²) in [7, 11) is 3.61. The highest BCUT2D eigenvalue weighted by Gasteiger charge is 2.27. The first-order chi connectivity index (χ1) is 13.0. The normalized spacial score (nSPS) is 14.1. The molecule has 0 unspecified atom stereocenters. The van der Waals surface area contributed by atoms with E-state index in [9.17, 15) is 9.18 Å². The minimum atomic E-state index is -0.400. The fourth-order valence-electron chi connectivity index (χ4n) is 2.97. The molecule has 0 saturated carbocycles. The second-order valence-corrected chi connectivity index (χ2v) is 6.48. The van der Waals surface area contributed by atoms with Crippen LogP contribution in [-0.4, -0.2) is 61.3 Å². The Morgan fingerprint density at radius 3 is 2.85 bits per heavy atom. The quantitative estimate of drug-likeness (QED) is 0.665. The van der Waals surface area contributed by atoms with E-state index in [-0.39, 0.29) is 11.7 Å². The highest BCUT2D eigenvalue weighted by molar-refractivity contribution is 5.91. The van der Waals surface area contributed by atoms with Crippen LogP contribution in [0.4, 0.5) is 4.39 Å². The molecular formula is C17H18FN7O2. The first kappa shape index (κ1) is 17.3. The lowest BCUT2D eigenvalue weighted by atomic mass is 10.2. The van der Waals surface area contributed by atoms with Crippen LogP contribution < -0.4 is 0 Å². The highest BCUT2D eigenvalue weighted by atomic mass is 19.1. The van der Waals surface area contributed by atoms with E-state index in [2.05, 4.69) is 20.3 Å². The number of benzene rings is 1. The monoisotopic (exact) mass is 371 g/mol. The molecule has 0 fully saturated rings. The molecule has 0 radical (unpaired) electrons. The van der Waals surface area contributed by atoms with Crippen LogP contribution in [0.25, 0.3) is 11.4 Å². The molecule has 0 N–H and O–H groups in total. The van der Waals surface area contributed by atoms with E-state index in [0.29, 0.717) is 49.3 Å². The Morgan fingerprint density at radius 2 is 2.04 bits per heavy atom. The Kier molecular flexibility index (Phi) is 4.40. The number of rotatable bonds is 5. The van der Waals surface area contributed by atoms with Crippen molar-refractivity contribution in [1.82, 2.24) is 34.7 Å². The van der Waals surface area contributed by atoms with Gasteiger partial charge in [-0.1, -0.05) is 17.3 Å². The van der Waals surface area contributed by atoms with E-state index in [1.54, 1.807) is 30.1 Å². The molecule has 1 aliphatic heterocycles. The molecule has 1 aliphatic rings. The first-order valence-electron chi connectivity index (χ1n) is 8.46. The third-order valence-corrected chi connectivity index (χ3v) is 4.42. The van der Waals surface area contributed by atoms with Crippen molar-refractivity contribution in [3.8, 4) is 11.4 Å². The van der Waals surface area contributed by atoms with Crippen LogP contribution in [0.2, 0.25) is 0 Å². The second-order valence-electron chi connectivity index (χ2n) is 6.48. The molecule has 140 valence electrons. The third kappa shape index (κ3) is 3.31. The number of amides is 1. The van der Waals surface area contributed by atoms with Crippen LogP contribution in [-0.2, 0) is 19.6 Å². The maximum atomic E-state index is 13.8. The van der Waals surface area contributed by atoms with Gasteiger partial charge in [0, 0.05) is 20.1 Å². The van der Waals surface area contributed by atoms with Gasteiger partial charge in [0.05, 0.1) is 18.7 Å². The number of aromatic nitrogens is 5. The summed E-state index contributed by atoms with van der Waals surface area (Å²) in [4.78, 5) is 19.9. The molecule has 1 aromatic carbocycles. The van der Waals surface area contributed by atoms with Gasteiger partial charge in [0.25, 0.3) is 5.91 Å². The molecule has 0 atom stereocenters. The van der Waals surface area contributed by atoms with Crippen LogP contribution in [0, 0.1) is 5.82 Å². The van der Waals surface area contributed by atoms with Gasteiger partial charge in [-0.15, -0.1) is 10.2 Å². The van der Waals surface area contributed by atoms with E-state index in [1.165, 1.54) is 6.07 Å². The van der Waals surface area contributed by atoms with Crippen LogP contribution in [0.3, 0.4) is 0 Å². The van der Waals surface area contributed by atoms with Crippen molar-refractivity contribution in [2.75, 3.05) is 20.6 Å². The number of fused-ring (bicyclic) bond motifs is 1. The first-order valence-corrected chi connectivity index (χ1v) is 8.46. The van der Waals surface area contributed by atoms with Gasteiger partial charge in [-0.25, -0.2) is 4.39 Å². The maximum Gasteiger partial charge on any atom is 0.291 e. The Bertz CT molecular complexity index is 983. The lowest BCUT2D eigenvalue weighted by molar-refractivity contribution is 0.0739. The molecule has 4 rings (SSSR count). The van der Waals surface area contributed by atoms with Gasteiger partial charge in [-0.05, 0) is 19.2 Å². The zero-order chi connectivity index (χ0) is 19.0. The fraction of sp³-hybridized carbons (Fsp3) is 0.353. The minimum absolute atomic E-state index is 0.130. The Balaban J connectivity index is 1.45. The molecule has 0 saturated heterocycles. The molecule has 1 amide bonds. The third-order valence-electron chi connectivity index (χ3n) is 4.42. The van der Waals surface area contributed by atoms with Crippen molar-refractivity contribution in [2.24, 2.45) is 0 Å². The van der Waals surface area contributed by atoms with E-state index in [1.807, 2.05) is 16.5 Å². The van der Waals surface area contributed by atoms with Crippen LogP contribution in [0.15, 0.2) is 28.8 Å². The van der Waals surface area contributed by atoms with Gasteiger partial charge >= 0.3 is 0 Å². The predicted molar refractivity (Wildman–Crippen MR) is 91.8 cm³/mol. The number of likely N-dealkylation sites (N-methyl/N-ethyl adjacent to an activating group) is 1. The fourth-order valence-corrected chi connectivity index (χ4v) is 2.97. The number of hydrogen-bond donors (Lipinski definition) is 0. The zero-order valence-electron chi connectivity index (χ0n) is 15.0. The largest absolute Gasteiger partial charge is 0.338 e. The van der Waals surface area contributed by atoms with Gasteiger partial charge in [0.15, 0.2) is 0 Å². The summed E-state index contributed by atoms with van der Waals surface area (Å²) in [6.45, 7) is 2.10. The molecule has 0 bridgehead atoms. The SMILES string of the molecule is CN(Cc1nc(-c2ccccc2F)no1)Cc1nnc2n1CCN(C)C2=O. The standard InChI is InChI=1S/C17H18FN7O2/c1-23(9-13-20-21-16-17(26)24(2)7-8-25(13)16)10-14-19-15(22-27-14)11-5-3-4-6-12(11)18/h3-6H,7-10H2,1-2H3. The number of carbonyl (C=O) groups excluding carboxylic acids is 1. The number of carbonyl (C=O) groups is 1. The average molecular weight is 371 g/mol. The number of hydrogen-bond acceptors (Lipinski definition) is 7. The molecule has 27 heavy (non-hydrogen) atoms. The van der Waals surface area contributed by atoms with E-state index in [4.69, 9.17) is 4.52 Å². The summed E-state index contributed by atoms with van der Waals surface area (Å²) in [6.07, 6.45) is 0. The molecular weight excluding hydrogens is 353 g/mol. The van der Waals surface area contributed by atoms with Crippen molar-refractivity contribution in [1.29, 1.82) is 0 Å². The second kappa shape index (κ2) is 6.88. The molecule has 3 heterocycles. The van der Waals surface area contributed by atoms with Gasteiger partial charge in [-0.3, -0.25) is 9.69 Å². The van der Waals surface area contributed by atoms with E-state index >= 15 is 0 Å². The van der Waals surface area contributed by atoms with Crippen LogP contribution in [0.1, 0.15) is 22.3 Å². The number of halogens is 1. The van der Waals surface area contributed by atoms with E-state index < -0.39 is 5.82 Å². The smallest absolute Gasteiger partial charge is 0.291 e. The Hall–Kier alpha value is -3.14. The number of nitrogens with zero attached hydrogens (tertiary/aromatic N) is 7. The summed E-state index contributed by atoms with van der Waals surface area (Å²) in [5.74, 6) is 1.10. The Morgan fingerprint density at radius 1 is 1.22 bits per heavy atom. The average Bonchev–Trinajstić information content (AvgIpc) is 3.26. The van der Waals surface area contributed by atoms with Gasteiger partial charge in [0.1, 0.15) is 11.6 Å². The van der Waals surface area contributed by atoms with Crippen molar-refractivity contribution in [2.45, 2.75) is 19.6 Å². The van der Waals surface area contributed by atoms with Crippen LogP contribution >= 0.6 is 0 Å². The summed E-state index contributed by atoms with van der Waals surface area (Å²) in [6, 6.07) is 6.28. The molecule has 10 heteroatoms. The topological polar surface area (TPSA) is 93.2 Å². The Labute approximate surface area is 154 Å². The maximum absolute atomic E-state index is 13.8. The van der Waals surface area contributed by atoms with Crippen molar-refractivity contribution in [3.63, 3.8) is 0 Å². The van der Waals surface area contributed by atoms with Crippen molar-refractivity contribution in [3.05, 3.63) is 47.6 Å². The van der Waals surface area contributed by atoms with Crippen molar-refractivity contribution < 1.29 is 13.7 Å². The summed E-state index contributed by atoms with van der Waals surface area (Å²) >= 11 is 0.